The van der Waals surface area contributed by atoms with Crippen molar-refractivity contribution in [3.8, 4) is 44.5 Å². The summed E-state index contributed by atoms with van der Waals surface area (Å²) in [6.45, 7) is 0. The van der Waals surface area contributed by atoms with Crippen molar-refractivity contribution in [2.45, 2.75) is 0 Å². The maximum Gasteiger partial charge on any atom is 0.143 e. The lowest BCUT2D eigenvalue weighted by molar-refractivity contribution is 0.670. The topological polar surface area (TPSA) is 16.4 Å². The fourth-order valence-electron chi connectivity index (χ4n) is 8.52. The molecule has 268 valence electrons. The Hall–Kier alpha value is -6.71. The van der Waals surface area contributed by atoms with Crippen LogP contribution in [0.15, 0.2) is 174 Å². The summed E-state index contributed by atoms with van der Waals surface area (Å²) in [5.74, 6) is 0. The SMILES string of the molecule is [B]c1c([B])c([B])c2c(-c3cccc(-c4ccc(N(c5ccc(-c6ccccc6)cc5)c5ccc(-c6cccc7c6oc6ccccc67)cc5)cc4)c3)c([B])c([B])c([B])c2c1[B]. The number of furan rings is 1. The predicted octanol–water partition coefficient (Wildman–Crippen LogP) is 6.43. The van der Waals surface area contributed by atoms with Crippen molar-refractivity contribution in [1.29, 1.82) is 0 Å². The predicted molar refractivity (Wildman–Crippen MR) is 265 cm³/mol. The van der Waals surface area contributed by atoms with Crippen molar-refractivity contribution in [2.75, 3.05) is 4.90 Å². The molecule has 1 aromatic heterocycles. The number of anilines is 3. The first kappa shape index (κ1) is 38.5. The van der Waals surface area contributed by atoms with Crippen molar-refractivity contribution in [1.82, 2.24) is 0 Å². The molecule has 0 fully saturated rings. The summed E-state index contributed by atoms with van der Waals surface area (Å²) in [7, 11) is 45.2. The van der Waals surface area contributed by atoms with Crippen LogP contribution in [0, 0.1) is 0 Å². The standard InChI is InChI=1S/C52H28B7NO/c53-45-42(43-44(47(55)49(45)57)48(56)51(59)50(58)46(43)54)34-11-6-10-33(28-34)31-18-24-36(25-19-31)60(35-22-16-30(17-23-35)29-8-2-1-3-9-29)37-26-20-32(21-27-37)38-13-7-14-40-39-12-4-5-15-41(39)61-52(38)40/h1-28H. The Bertz CT molecular complexity index is 3300. The number of nitrogens with zero attached hydrogens (tertiary/aromatic N) is 1. The average Bonchev–Trinajstić information content (AvgIpc) is 3.69. The van der Waals surface area contributed by atoms with Gasteiger partial charge in [0.15, 0.2) is 0 Å². The summed E-state index contributed by atoms with van der Waals surface area (Å²) in [5.41, 5.74) is 13.9. The average molecular weight is 758 g/mol. The third kappa shape index (κ3) is 6.55. The molecule has 0 amide bonds. The molecule has 14 radical (unpaired) electrons. The molecule has 0 atom stereocenters. The molecular formula is C52H28B7NO. The molecule has 0 aliphatic heterocycles. The van der Waals surface area contributed by atoms with Gasteiger partial charge in [-0.05, 0) is 98.2 Å². The van der Waals surface area contributed by atoms with E-state index in [4.69, 9.17) is 59.3 Å². The second-order valence-electron chi connectivity index (χ2n) is 15.2. The number of hydrogen-bond donors (Lipinski definition) is 0. The van der Waals surface area contributed by atoms with E-state index >= 15 is 0 Å². The zero-order valence-corrected chi connectivity index (χ0v) is 33.1. The summed E-state index contributed by atoms with van der Waals surface area (Å²) in [6, 6.07) is 58.6. The van der Waals surface area contributed by atoms with Crippen LogP contribution in [0.5, 0.6) is 0 Å². The van der Waals surface area contributed by atoms with Gasteiger partial charge in [0, 0.05) is 33.4 Å². The van der Waals surface area contributed by atoms with Crippen LogP contribution in [0.1, 0.15) is 0 Å². The second-order valence-corrected chi connectivity index (χ2v) is 15.2. The molecule has 0 saturated heterocycles. The molecule has 9 aromatic carbocycles. The number of benzene rings is 9. The van der Waals surface area contributed by atoms with Crippen LogP contribution in [0.4, 0.5) is 17.1 Å². The van der Waals surface area contributed by atoms with E-state index in [0.717, 1.165) is 77.9 Å². The van der Waals surface area contributed by atoms with Gasteiger partial charge in [0.05, 0.1) is 0 Å². The van der Waals surface area contributed by atoms with E-state index < -0.39 is 0 Å². The first-order chi connectivity index (χ1) is 29.7. The maximum absolute atomic E-state index is 6.68. The molecule has 0 bridgehead atoms. The van der Waals surface area contributed by atoms with Crippen LogP contribution in [0.25, 0.3) is 77.2 Å². The Morgan fingerprint density at radius 2 is 0.787 bits per heavy atom. The van der Waals surface area contributed by atoms with Gasteiger partial charge in [-0.2, -0.15) is 0 Å². The van der Waals surface area contributed by atoms with E-state index in [1.54, 1.807) is 0 Å². The van der Waals surface area contributed by atoms with Crippen LogP contribution in [-0.2, 0) is 0 Å². The fraction of sp³-hybridized carbons (Fsp3) is 0. The van der Waals surface area contributed by atoms with Crippen molar-refractivity contribution < 1.29 is 4.42 Å². The molecule has 10 aromatic rings. The highest BCUT2D eigenvalue weighted by atomic mass is 16.3. The quantitative estimate of drug-likeness (QED) is 0.174. The third-order valence-corrected chi connectivity index (χ3v) is 11.7. The van der Waals surface area contributed by atoms with Crippen LogP contribution in [0.2, 0.25) is 0 Å². The van der Waals surface area contributed by atoms with Gasteiger partial charge in [0.25, 0.3) is 0 Å². The van der Waals surface area contributed by atoms with E-state index in [-0.39, 0.29) is 38.2 Å². The van der Waals surface area contributed by atoms with Crippen molar-refractivity contribution in [3.05, 3.63) is 170 Å². The van der Waals surface area contributed by atoms with E-state index in [2.05, 4.69) is 126 Å². The Labute approximate surface area is 364 Å². The normalized spacial score (nSPS) is 11.4. The number of para-hydroxylation sites is 2. The lowest BCUT2D eigenvalue weighted by Gasteiger charge is -2.26. The molecule has 9 heteroatoms. The number of rotatable bonds is 7. The lowest BCUT2D eigenvalue weighted by atomic mass is 9.59. The lowest BCUT2D eigenvalue weighted by Crippen LogP contribution is -2.52. The number of hydrogen-bond acceptors (Lipinski definition) is 2. The summed E-state index contributed by atoms with van der Waals surface area (Å²) in [6.07, 6.45) is 0. The van der Waals surface area contributed by atoms with Gasteiger partial charge < -0.3 is 9.32 Å². The molecule has 0 aliphatic carbocycles. The van der Waals surface area contributed by atoms with Crippen molar-refractivity contribution in [2.24, 2.45) is 0 Å². The highest BCUT2D eigenvalue weighted by Crippen LogP contribution is 2.40. The van der Waals surface area contributed by atoms with Crippen LogP contribution >= 0.6 is 0 Å². The smallest absolute Gasteiger partial charge is 0.143 e. The zero-order chi connectivity index (χ0) is 41.9. The molecule has 1 heterocycles. The molecule has 0 unspecified atom stereocenters. The molecule has 10 rings (SSSR count). The minimum Gasteiger partial charge on any atom is -0.455 e. The van der Waals surface area contributed by atoms with Gasteiger partial charge in [-0.1, -0.05) is 143 Å². The second kappa shape index (κ2) is 15.4. The van der Waals surface area contributed by atoms with Gasteiger partial charge in [0.1, 0.15) is 66.1 Å². The third-order valence-electron chi connectivity index (χ3n) is 11.7. The molecule has 2 nitrogen and oxygen atoms in total. The summed E-state index contributed by atoms with van der Waals surface area (Å²) in [4.78, 5) is 2.26. The molecule has 0 aliphatic rings. The fourth-order valence-corrected chi connectivity index (χ4v) is 8.52. The Morgan fingerprint density at radius 1 is 0.328 bits per heavy atom. The highest BCUT2D eigenvalue weighted by Gasteiger charge is 2.20. The van der Waals surface area contributed by atoms with Crippen molar-refractivity contribution in [3.63, 3.8) is 0 Å². The highest BCUT2D eigenvalue weighted by molar-refractivity contribution is 6.71. The first-order valence-corrected chi connectivity index (χ1v) is 19.9. The van der Waals surface area contributed by atoms with Crippen LogP contribution in [-0.4, -0.2) is 54.9 Å². The summed E-state index contributed by atoms with van der Waals surface area (Å²) in [5, 5.41) is 3.14. The van der Waals surface area contributed by atoms with Crippen molar-refractivity contribution >= 4 is 143 Å². The van der Waals surface area contributed by atoms with Gasteiger partial charge in [-0.25, -0.2) is 0 Å². The van der Waals surface area contributed by atoms with Crippen LogP contribution < -0.4 is 43.1 Å². The first-order valence-electron chi connectivity index (χ1n) is 19.9. The molecule has 61 heavy (non-hydrogen) atoms. The Morgan fingerprint density at radius 3 is 1.43 bits per heavy atom. The Balaban J connectivity index is 1.04. The number of fused-ring (bicyclic) bond motifs is 4. The van der Waals surface area contributed by atoms with Gasteiger partial charge >= 0.3 is 0 Å². The monoisotopic (exact) mass is 759 g/mol. The van der Waals surface area contributed by atoms with Gasteiger partial charge in [0.2, 0.25) is 0 Å². The minimum absolute atomic E-state index is 0.151. The van der Waals surface area contributed by atoms with Crippen LogP contribution in [0.3, 0.4) is 0 Å². The molecule has 0 N–H and O–H groups in total. The zero-order valence-electron chi connectivity index (χ0n) is 33.1. The molecule has 0 spiro atoms. The van der Waals surface area contributed by atoms with Gasteiger partial charge in [-0.3, -0.25) is 0 Å². The Kier molecular flexibility index (Phi) is 9.72. The van der Waals surface area contributed by atoms with E-state index in [9.17, 15) is 0 Å². The molecular weight excluding hydrogens is 730 g/mol. The van der Waals surface area contributed by atoms with E-state index in [1.807, 2.05) is 48.5 Å². The van der Waals surface area contributed by atoms with E-state index in [1.165, 1.54) is 0 Å². The largest absolute Gasteiger partial charge is 0.455 e. The maximum atomic E-state index is 6.68. The summed E-state index contributed by atoms with van der Waals surface area (Å²) >= 11 is 0. The van der Waals surface area contributed by atoms with Gasteiger partial charge in [-0.15, -0.1) is 16.4 Å². The molecule has 0 saturated carbocycles. The van der Waals surface area contributed by atoms with E-state index in [0.29, 0.717) is 16.3 Å². The summed E-state index contributed by atoms with van der Waals surface area (Å²) < 4.78 is 6.39. The minimum atomic E-state index is 0.151.